The molecule has 25 heavy (non-hydrogen) atoms. The van der Waals surface area contributed by atoms with Crippen LogP contribution >= 0.6 is 0 Å². The monoisotopic (exact) mass is 332 g/mol. The zero-order valence-electron chi connectivity index (χ0n) is 13.6. The number of hydrogen-bond acceptors (Lipinski definition) is 3. The summed E-state index contributed by atoms with van der Waals surface area (Å²) in [4.78, 5) is 27.8. The lowest BCUT2D eigenvalue weighted by atomic mass is 10.1. The third kappa shape index (κ3) is 2.70. The zero-order chi connectivity index (χ0) is 17.4. The molecule has 0 radical (unpaired) electrons. The topological polar surface area (TPSA) is 75.1 Å². The second-order valence-electron chi connectivity index (χ2n) is 5.94. The van der Waals surface area contributed by atoms with Gasteiger partial charge < -0.3 is 14.7 Å². The van der Waals surface area contributed by atoms with E-state index in [1.54, 1.807) is 24.3 Å². The minimum Gasteiger partial charge on any atom is -0.422 e. The molecule has 4 aromatic rings. The lowest BCUT2D eigenvalue weighted by Crippen LogP contribution is -2.28. The number of fused-ring (bicyclic) bond motifs is 2. The van der Waals surface area contributed by atoms with Crippen molar-refractivity contribution in [2.75, 3.05) is 0 Å². The number of para-hydroxylation sites is 2. The fraction of sp³-hybridized carbons (Fsp3) is 0.100. The highest BCUT2D eigenvalue weighted by Gasteiger charge is 2.15. The predicted molar refractivity (Wildman–Crippen MR) is 96.7 cm³/mol. The van der Waals surface area contributed by atoms with Crippen molar-refractivity contribution in [3.05, 3.63) is 81.8 Å². The first-order chi connectivity index (χ1) is 12.1. The number of rotatable bonds is 3. The number of carbonyl (C=O) groups excluding carboxylic acids is 1. The Morgan fingerprint density at radius 1 is 1.12 bits per heavy atom. The molecular formula is C20H16N2O3. The van der Waals surface area contributed by atoms with E-state index >= 15 is 0 Å². The van der Waals surface area contributed by atoms with Crippen LogP contribution in [-0.4, -0.2) is 10.9 Å². The van der Waals surface area contributed by atoms with Gasteiger partial charge in [-0.25, -0.2) is 4.79 Å². The molecule has 0 aliphatic carbocycles. The van der Waals surface area contributed by atoms with Crippen LogP contribution in [0.3, 0.4) is 0 Å². The summed E-state index contributed by atoms with van der Waals surface area (Å²) in [7, 11) is 0. The van der Waals surface area contributed by atoms with Crippen molar-refractivity contribution in [2.24, 2.45) is 0 Å². The van der Waals surface area contributed by atoms with Gasteiger partial charge in [-0.05, 0) is 30.7 Å². The second kappa shape index (κ2) is 5.94. The maximum atomic E-state index is 12.5. The van der Waals surface area contributed by atoms with Gasteiger partial charge in [0.05, 0.1) is 0 Å². The standard InChI is InChI=1S/C20H16N2O3/c1-12-16(14-7-3-4-8-17(14)22-12)11-21-19(23)15-10-13-6-2-5-9-18(13)25-20(15)24/h2-10,22H,11H2,1H3,(H,21,23). The molecule has 4 rings (SSSR count). The van der Waals surface area contributed by atoms with Gasteiger partial charge in [-0.3, -0.25) is 4.79 Å². The van der Waals surface area contributed by atoms with Crippen LogP contribution in [0.1, 0.15) is 21.6 Å². The van der Waals surface area contributed by atoms with Gasteiger partial charge in [0.2, 0.25) is 0 Å². The number of nitrogens with one attached hydrogen (secondary N) is 2. The Bertz CT molecular complexity index is 1150. The molecule has 2 aromatic carbocycles. The molecule has 2 aromatic heterocycles. The van der Waals surface area contributed by atoms with Crippen molar-refractivity contribution >= 4 is 27.8 Å². The van der Waals surface area contributed by atoms with Crippen LogP contribution in [0.5, 0.6) is 0 Å². The van der Waals surface area contributed by atoms with Gasteiger partial charge in [-0.1, -0.05) is 36.4 Å². The van der Waals surface area contributed by atoms with Gasteiger partial charge in [0.25, 0.3) is 5.91 Å². The van der Waals surface area contributed by atoms with Crippen LogP contribution in [0.4, 0.5) is 0 Å². The molecular weight excluding hydrogens is 316 g/mol. The van der Waals surface area contributed by atoms with E-state index < -0.39 is 11.5 Å². The lowest BCUT2D eigenvalue weighted by Gasteiger charge is -2.06. The Morgan fingerprint density at radius 3 is 2.76 bits per heavy atom. The predicted octanol–water partition coefficient (Wildman–Crippen LogP) is 3.51. The summed E-state index contributed by atoms with van der Waals surface area (Å²) in [5.41, 5.74) is 2.87. The lowest BCUT2D eigenvalue weighted by molar-refractivity contribution is 0.0947. The van der Waals surface area contributed by atoms with Gasteiger partial charge in [-0.15, -0.1) is 0 Å². The Labute approximate surface area is 143 Å². The number of aromatic nitrogens is 1. The molecule has 2 heterocycles. The van der Waals surface area contributed by atoms with Crippen molar-refractivity contribution in [1.82, 2.24) is 10.3 Å². The van der Waals surface area contributed by atoms with E-state index in [0.29, 0.717) is 12.1 Å². The summed E-state index contributed by atoms with van der Waals surface area (Å²) < 4.78 is 5.22. The van der Waals surface area contributed by atoms with E-state index in [0.717, 1.165) is 27.5 Å². The molecule has 1 amide bonds. The van der Waals surface area contributed by atoms with E-state index in [1.165, 1.54) is 0 Å². The van der Waals surface area contributed by atoms with Crippen molar-refractivity contribution in [3.8, 4) is 0 Å². The quantitative estimate of drug-likeness (QED) is 0.564. The fourth-order valence-corrected chi connectivity index (χ4v) is 3.05. The fourth-order valence-electron chi connectivity index (χ4n) is 3.05. The van der Waals surface area contributed by atoms with Gasteiger partial charge in [0.1, 0.15) is 11.1 Å². The van der Waals surface area contributed by atoms with Crippen LogP contribution in [0, 0.1) is 6.92 Å². The van der Waals surface area contributed by atoms with E-state index in [2.05, 4.69) is 10.3 Å². The zero-order valence-corrected chi connectivity index (χ0v) is 13.6. The number of aromatic amines is 1. The average molecular weight is 332 g/mol. The summed E-state index contributed by atoms with van der Waals surface area (Å²) in [5, 5.41) is 4.60. The van der Waals surface area contributed by atoms with Crippen molar-refractivity contribution in [2.45, 2.75) is 13.5 Å². The summed E-state index contributed by atoms with van der Waals surface area (Å²) in [6.07, 6.45) is 0. The van der Waals surface area contributed by atoms with Crippen molar-refractivity contribution < 1.29 is 9.21 Å². The summed E-state index contributed by atoms with van der Waals surface area (Å²) in [5.74, 6) is -0.441. The molecule has 0 aliphatic rings. The summed E-state index contributed by atoms with van der Waals surface area (Å²) in [6.45, 7) is 2.30. The van der Waals surface area contributed by atoms with Crippen molar-refractivity contribution in [1.29, 1.82) is 0 Å². The molecule has 0 atom stereocenters. The number of benzene rings is 2. The highest BCUT2D eigenvalue weighted by Crippen LogP contribution is 2.21. The Balaban J connectivity index is 1.63. The van der Waals surface area contributed by atoms with E-state index in [4.69, 9.17) is 4.42 Å². The molecule has 0 saturated heterocycles. The maximum absolute atomic E-state index is 12.5. The highest BCUT2D eigenvalue weighted by atomic mass is 16.4. The van der Waals surface area contributed by atoms with Crippen LogP contribution in [0.15, 0.2) is 63.8 Å². The van der Waals surface area contributed by atoms with Crippen LogP contribution < -0.4 is 10.9 Å². The first-order valence-electron chi connectivity index (χ1n) is 8.01. The minimum absolute atomic E-state index is 0.0104. The number of hydrogen-bond donors (Lipinski definition) is 2. The molecule has 5 nitrogen and oxygen atoms in total. The third-order valence-corrected chi connectivity index (χ3v) is 4.34. The maximum Gasteiger partial charge on any atom is 0.349 e. The molecule has 0 fully saturated rings. The van der Waals surface area contributed by atoms with E-state index in [9.17, 15) is 9.59 Å². The molecule has 2 N–H and O–H groups in total. The van der Waals surface area contributed by atoms with E-state index in [-0.39, 0.29) is 5.56 Å². The van der Waals surface area contributed by atoms with Crippen molar-refractivity contribution in [3.63, 3.8) is 0 Å². The average Bonchev–Trinajstić information content (AvgIpc) is 2.94. The molecule has 0 spiro atoms. The largest absolute Gasteiger partial charge is 0.422 e. The van der Waals surface area contributed by atoms with Crippen LogP contribution in [-0.2, 0) is 6.54 Å². The Hall–Kier alpha value is -3.34. The number of H-pyrrole nitrogens is 1. The molecule has 0 saturated carbocycles. The van der Waals surface area contributed by atoms with Crippen LogP contribution in [0.2, 0.25) is 0 Å². The first-order valence-corrected chi connectivity index (χ1v) is 8.01. The van der Waals surface area contributed by atoms with E-state index in [1.807, 2.05) is 37.3 Å². The van der Waals surface area contributed by atoms with Gasteiger partial charge in [0, 0.05) is 28.5 Å². The Kier molecular flexibility index (Phi) is 3.61. The number of carbonyl (C=O) groups is 1. The van der Waals surface area contributed by atoms with Gasteiger partial charge in [0.15, 0.2) is 0 Å². The minimum atomic E-state index is -0.633. The summed E-state index contributed by atoms with van der Waals surface area (Å²) in [6, 6.07) is 16.6. The molecule has 5 heteroatoms. The highest BCUT2D eigenvalue weighted by molar-refractivity contribution is 5.97. The second-order valence-corrected chi connectivity index (χ2v) is 5.94. The molecule has 124 valence electrons. The third-order valence-electron chi connectivity index (χ3n) is 4.34. The Morgan fingerprint density at radius 2 is 1.88 bits per heavy atom. The van der Waals surface area contributed by atoms with Gasteiger partial charge in [-0.2, -0.15) is 0 Å². The molecule has 0 bridgehead atoms. The smallest absolute Gasteiger partial charge is 0.349 e. The SMILES string of the molecule is Cc1[nH]c2ccccc2c1CNC(=O)c1cc2ccccc2oc1=O. The molecule has 0 aliphatic heterocycles. The molecule has 0 unspecified atom stereocenters. The number of amides is 1. The number of aryl methyl sites for hydroxylation is 1. The van der Waals surface area contributed by atoms with Gasteiger partial charge >= 0.3 is 5.63 Å². The van der Waals surface area contributed by atoms with Crippen LogP contribution in [0.25, 0.3) is 21.9 Å². The normalized spacial score (nSPS) is 11.1. The first kappa shape index (κ1) is 15.2. The summed E-state index contributed by atoms with van der Waals surface area (Å²) >= 11 is 0.